The summed E-state index contributed by atoms with van der Waals surface area (Å²) in [5, 5.41) is 3.23. The van der Waals surface area contributed by atoms with Crippen LogP contribution in [0.2, 0.25) is 0 Å². The van der Waals surface area contributed by atoms with Crippen molar-refractivity contribution in [3.63, 3.8) is 0 Å². The zero-order valence-corrected chi connectivity index (χ0v) is 11.7. The fourth-order valence-corrected chi connectivity index (χ4v) is 2.90. The normalized spacial score (nSPS) is 26.2. The minimum absolute atomic E-state index is 0.171. The van der Waals surface area contributed by atoms with Crippen molar-refractivity contribution in [1.82, 2.24) is 14.9 Å². The van der Waals surface area contributed by atoms with Gasteiger partial charge in [-0.3, -0.25) is 4.90 Å². The van der Waals surface area contributed by atoms with Gasteiger partial charge in [-0.15, -0.1) is 0 Å². The number of nitrogens with zero attached hydrogens (tertiary/aromatic N) is 3. The Bertz CT molecular complexity index is 470. The monoisotopic (exact) mass is 279 g/mol. The average molecular weight is 279 g/mol. The number of nitrogen functional groups attached to an aromatic ring is 1. The van der Waals surface area contributed by atoms with Crippen LogP contribution in [0.25, 0.3) is 0 Å². The van der Waals surface area contributed by atoms with E-state index < -0.39 is 0 Å². The van der Waals surface area contributed by atoms with Gasteiger partial charge in [0.2, 0.25) is 5.88 Å². The van der Waals surface area contributed by atoms with Gasteiger partial charge in [0.05, 0.1) is 19.8 Å². The quantitative estimate of drug-likeness (QED) is 0.822. The molecule has 0 aromatic carbocycles. The highest BCUT2D eigenvalue weighted by molar-refractivity contribution is 5.66. The summed E-state index contributed by atoms with van der Waals surface area (Å²) >= 11 is 0. The molecule has 3 heterocycles. The van der Waals surface area contributed by atoms with Crippen molar-refractivity contribution in [1.29, 1.82) is 0 Å². The number of nitrogens with two attached hydrogens (primary N) is 1. The first-order chi connectivity index (χ1) is 9.78. The standard InChI is InChI=1S/C13H21N5O2/c1-19-13-11(14)12(16-8-17-13)15-5-10-6-18-4-2-3-9(18)7-20-10/h8-10H,2-7,14H2,1H3,(H,15,16,17). The molecule has 2 aliphatic rings. The molecule has 0 aliphatic carbocycles. The first-order valence-electron chi connectivity index (χ1n) is 7.02. The molecule has 1 aromatic heterocycles. The molecule has 0 saturated carbocycles. The lowest BCUT2D eigenvalue weighted by Crippen LogP contribution is -2.48. The molecule has 1 aromatic rings. The third kappa shape index (κ3) is 2.64. The highest BCUT2D eigenvalue weighted by atomic mass is 16.5. The molecular weight excluding hydrogens is 258 g/mol. The second-order valence-corrected chi connectivity index (χ2v) is 5.27. The van der Waals surface area contributed by atoms with Crippen molar-refractivity contribution in [2.24, 2.45) is 0 Å². The minimum atomic E-state index is 0.171. The molecule has 0 bridgehead atoms. The minimum Gasteiger partial charge on any atom is -0.479 e. The van der Waals surface area contributed by atoms with E-state index in [0.717, 1.165) is 13.2 Å². The van der Waals surface area contributed by atoms with Crippen LogP contribution < -0.4 is 15.8 Å². The zero-order chi connectivity index (χ0) is 13.9. The Labute approximate surface area is 118 Å². The Morgan fingerprint density at radius 2 is 2.45 bits per heavy atom. The topological polar surface area (TPSA) is 85.5 Å². The van der Waals surface area contributed by atoms with Gasteiger partial charge >= 0.3 is 0 Å². The van der Waals surface area contributed by atoms with Gasteiger partial charge in [-0.1, -0.05) is 0 Å². The maximum Gasteiger partial charge on any atom is 0.242 e. The van der Waals surface area contributed by atoms with Crippen LogP contribution in [-0.4, -0.2) is 60.4 Å². The van der Waals surface area contributed by atoms with Gasteiger partial charge in [0, 0.05) is 19.1 Å². The van der Waals surface area contributed by atoms with E-state index in [-0.39, 0.29) is 6.10 Å². The molecule has 2 atom stereocenters. The number of anilines is 2. The first kappa shape index (κ1) is 13.4. The Morgan fingerprint density at radius 3 is 3.30 bits per heavy atom. The summed E-state index contributed by atoms with van der Waals surface area (Å²) in [5.41, 5.74) is 6.37. The fraction of sp³-hybridized carbons (Fsp3) is 0.692. The van der Waals surface area contributed by atoms with E-state index in [0.29, 0.717) is 30.0 Å². The summed E-state index contributed by atoms with van der Waals surface area (Å²) in [4.78, 5) is 10.6. The van der Waals surface area contributed by atoms with E-state index in [1.54, 1.807) is 7.11 Å². The van der Waals surface area contributed by atoms with Gasteiger partial charge < -0.3 is 20.5 Å². The van der Waals surface area contributed by atoms with Gasteiger partial charge in [-0.25, -0.2) is 4.98 Å². The van der Waals surface area contributed by atoms with Gasteiger partial charge in [0.15, 0.2) is 5.82 Å². The number of hydrogen-bond acceptors (Lipinski definition) is 7. The van der Waals surface area contributed by atoms with Crippen LogP contribution in [0.15, 0.2) is 6.33 Å². The molecule has 7 nitrogen and oxygen atoms in total. The molecule has 7 heteroatoms. The molecule has 2 unspecified atom stereocenters. The van der Waals surface area contributed by atoms with Gasteiger partial charge in [0.1, 0.15) is 12.0 Å². The lowest BCUT2D eigenvalue weighted by atomic mass is 10.2. The second-order valence-electron chi connectivity index (χ2n) is 5.27. The van der Waals surface area contributed by atoms with E-state index in [4.69, 9.17) is 15.2 Å². The largest absolute Gasteiger partial charge is 0.479 e. The maximum atomic E-state index is 5.93. The smallest absolute Gasteiger partial charge is 0.242 e. The molecule has 3 N–H and O–H groups in total. The first-order valence-corrected chi connectivity index (χ1v) is 7.02. The lowest BCUT2D eigenvalue weighted by Gasteiger charge is -2.35. The summed E-state index contributed by atoms with van der Waals surface area (Å²) in [5.74, 6) is 0.996. The van der Waals surface area contributed by atoms with Crippen LogP contribution in [0.5, 0.6) is 5.88 Å². The number of hydrogen-bond donors (Lipinski definition) is 2. The highest BCUT2D eigenvalue weighted by Crippen LogP contribution is 2.25. The van der Waals surface area contributed by atoms with E-state index in [1.807, 2.05) is 0 Å². The van der Waals surface area contributed by atoms with Gasteiger partial charge in [0.25, 0.3) is 0 Å². The zero-order valence-electron chi connectivity index (χ0n) is 11.7. The maximum absolute atomic E-state index is 5.93. The SMILES string of the molecule is COc1ncnc(NCC2CN3CCCC3CO2)c1N. The van der Waals surface area contributed by atoms with E-state index >= 15 is 0 Å². The van der Waals surface area contributed by atoms with Crippen LogP contribution in [0.3, 0.4) is 0 Å². The number of nitrogens with one attached hydrogen (secondary N) is 1. The van der Waals surface area contributed by atoms with E-state index in [1.165, 1.54) is 25.7 Å². The summed E-state index contributed by atoms with van der Waals surface area (Å²) in [6, 6.07) is 0.621. The van der Waals surface area contributed by atoms with Crippen LogP contribution in [0.1, 0.15) is 12.8 Å². The predicted octanol–water partition coefficient (Wildman–Crippen LogP) is 0.342. The summed E-state index contributed by atoms with van der Waals surface area (Å²) in [6.07, 6.45) is 4.15. The molecular formula is C13H21N5O2. The molecule has 0 amide bonds. The number of methoxy groups -OCH3 is 1. The van der Waals surface area contributed by atoms with Crippen molar-refractivity contribution in [2.75, 3.05) is 44.4 Å². The van der Waals surface area contributed by atoms with Crippen LogP contribution in [0, 0.1) is 0 Å². The van der Waals surface area contributed by atoms with Crippen molar-refractivity contribution in [3.8, 4) is 5.88 Å². The molecule has 20 heavy (non-hydrogen) atoms. The van der Waals surface area contributed by atoms with Crippen LogP contribution >= 0.6 is 0 Å². The number of fused-ring (bicyclic) bond motifs is 1. The Balaban J connectivity index is 1.57. The lowest BCUT2D eigenvalue weighted by molar-refractivity contribution is -0.0415. The van der Waals surface area contributed by atoms with Crippen molar-refractivity contribution in [3.05, 3.63) is 6.33 Å². The van der Waals surface area contributed by atoms with Crippen LogP contribution in [-0.2, 0) is 4.74 Å². The number of aromatic nitrogens is 2. The number of rotatable bonds is 4. The van der Waals surface area contributed by atoms with Gasteiger partial charge in [-0.2, -0.15) is 4.98 Å². The van der Waals surface area contributed by atoms with Crippen molar-refractivity contribution < 1.29 is 9.47 Å². The second kappa shape index (κ2) is 5.80. The Kier molecular flexibility index (Phi) is 3.88. The molecule has 2 fully saturated rings. The van der Waals surface area contributed by atoms with E-state index in [9.17, 15) is 0 Å². The molecule has 2 saturated heterocycles. The third-order valence-corrected chi connectivity index (χ3v) is 4.00. The molecule has 0 spiro atoms. The summed E-state index contributed by atoms with van der Waals surface area (Å²) in [7, 11) is 1.54. The molecule has 2 aliphatic heterocycles. The van der Waals surface area contributed by atoms with Crippen LogP contribution in [0.4, 0.5) is 11.5 Å². The van der Waals surface area contributed by atoms with Gasteiger partial charge in [-0.05, 0) is 19.4 Å². The summed E-state index contributed by atoms with van der Waals surface area (Å²) in [6.45, 7) is 3.68. The molecule has 0 radical (unpaired) electrons. The van der Waals surface area contributed by atoms with E-state index in [2.05, 4.69) is 20.2 Å². The Hall–Kier alpha value is -1.60. The number of morpholine rings is 1. The molecule has 110 valence electrons. The van der Waals surface area contributed by atoms with Crippen molar-refractivity contribution >= 4 is 11.5 Å². The third-order valence-electron chi connectivity index (χ3n) is 4.00. The predicted molar refractivity (Wildman–Crippen MR) is 75.8 cm³/mol. The van der Waals surface area contributed by atoms with Crippen molar-refractivity contribution in [2.45, 2.75) is 25.0 Å². The average Bonchev–Trinajstić information content (AvgIpc) is 2.93. The summed E-state index contributed by atoms with van der Waals surface area (Å²) < 4.78 is 11.0. The fourth-order valence-electron chi connectivity index (χ4n) is 2.90. The number of ether oxygens (including phenoxy) is 2. The Morgan fingerprint density at radius 1 is 1.55 bits per heavy atom. The highest BCUT2D eigenvalue weighted by Gasteiger charge is 2.32. The molecule has 3 rings (SSSR count).